The highest BCUT2D eigenvalue weighted by atomic mass is 19.1. The summed E-state index contributed by atoms with van der Waals surface area (Å²) in [5, 5.41) is 19.5. The Labute approximate surface area is 224 Å². The zero-order valence-electron chi connectivity index (χ0n) is 21.5. The van der Waals surface area contributed by atoms with Crippen LogP contribution in [0.3, 0.4) is 0 Å². The SMILES string of the molecule is CN1CCN(c2ccc(Nc3nc(Nc4cccc(NC(=O)C5(C#N)CC5)c4)c4cc[nH]c4[nH+]3)cc2F)CC1. The summed E-state index contributed by atoms with van der Waals surface area (Å²) >= 11 is 0. The van der Waals surface area contributed by atoms with Gasteiger partial charge in [-0.25, -0.2) is 9.37 Å². The third-order valence-corrected chi connectivity index (χ3v) is 7.31. The summed E-state index contributed by atoms with van der Waals surface area (Å²) in [6.07, 6.45) is 2.97. The van der Waals surface area contributed by atoms with Crippen LogP contribution in [0.25, 0.3) is 11.0 Å². The maximum Gasteiger partial charge on any atom is 0.351 e. The normalized spacial score (nSPS) is 16.5. The van der Waals surface area contributed by atoms with E-state index in [1.807, 2.05) is 24.3 Å². The van der Waals surface area contributed by atoms with Crippen molar-refractivity contribution in [2.24, 2.45) is 5.41 Å². The molecule has 1 aliphatic heterocycles. The van der Waals surface area contributed by atoms with Gasteiger partial charge in [-0.15, -0.1) is 0 Å². The number of likely N-dealkylation sites (N-methyl/N-ethyl adjacent to an activating group) is 1. The number of fused-ring (bicyclic) bond motifs is 1. The summed E-state index contributed by atoms with van der Waals surface area (Å²) in [7, 11) is 2.07. The standard InChI is InChI=1S/C28H28FN9O/c1-37-11-13-38(14-12-37)23-6-5-20(16-22(23)29)34-27-35-24-21(7-10-31-24)25(36-27)32-18-3-2-4-19(15-18)33-26(39)28(17-30)8-9-28/h2-7,10,15-16H,8-9,11-14H2,1H3,(H,33,39)(H3,31,32,34,35,36)/p+1. The minimum Gasteiger partial charge on any atom is -0.367 e. The molecule has 0 unspecified atom stereocenters. The van der Waals surface area contributed by atoms with Gasteiger partial charge in [-0.05, 0) is 56.3 Å². The Morgan fingerprint density at radius 1 is 1.08 bits per heavy atom. The summed E-state index contributed by atoms with van der Waals surface area (Å²) in [4.78, 5) is 27.9. The number of carbonyl (C=O) groups is 1. The van der Waals surface area contributed by atoms with Crippen LogP contribution in [0.5, 0.6) is 0 Å². The predicted octanol–water partition coefficient (Wildman–Crippen LogP) is 4.00. The van der Waals surface area contributed by atoms with Crippen molar-refractivity contribution in [3.05, 3.63) is 60.5 Å². The molecule has 5 N–H and O–H groups in total. The molecule has 2 aromatic heterocycles. The lowest BCUT2D eigenvalue weighted by Crippen LogP contribution is -2.44. The molecule has 1 aliphatic carbocycles. The van der Waals surface area contributed by atoms with Crippen molar-refractivity contribution in [3.63, 3.8) is 0 Å². The quantitative estimate of drug-likeness (QED) is 0.287. The molecule has 2 aliphatic rings. The van der Waals surface area contributed by atoms with Gasteiger partial charge in [-0.1, -0.05) is 11.1 Å². The number of piperazine rings is 1. The van der Waals surface area contributed by atoms with Gasteiger partial charge in [0, 0.05) is 49.8 Å². The highest BCUT2D eigenvalue weighted by Crippen LogP contribution is 2.45. The Morgan fingerprint density at radius 2 is 1.85 bits per heavy atom. The average molecular weight is 527 g/mol. The molecule has 0 spiro atoms. The van der Waals surface area contributed by atoms with Gasteiger partial charge in [0.1, 0.15) is 11.2 Å². The van der Waals surface area contributed by atoms with Crippen molar-refractivity contribution < 1.29 is 14.2 Å². The zero-order valence-corrected chi connectivity index (χ0v) is 21.5. The molecule has 2 aromatic carbocycles. The fraction of sp³-hybridized carbons (Fsp3) is 0.286. The number of nitriles is 1. The highest BCUT2D eigenvalue weighted by Gasteiger charge is 2.50. The van der Waals surface area contributed by atoms with Gasteiger partial charge in [0.05, 0.1) is 22.8 Å². The van der Waals surface area contributed by atoms with Crippen molar-refractivity contribution in [3.8, 4) is 6.07 Å². The number of nitrogens with zero attached hydrogens (tertiary/aromatic N) is 4. The second-order valence-electron chi connectivity index (χ2n) is 10.1. The van der Waals surface area contributed by atoms with Gasteiger partial charge < -0.3 is 20.4 Å². The van der Waals surface area contributed by atoms with Crippen molar-refractivity contribution >= 4 is 51.5 Å². The van der Waals surface area contributed by atoms with Crippen molar-refractivity contribution in [1.29, 1.82) is 5.26 Å². The molecule has 3 heterocycles. The van der Waals surface area contributed by atoms with Crippen molar-refractivity contribution in [2.75, 3.05) is 54.1 Å². The van der Waals surface area contributed by atoms with E-state index < -0.39 is 5.41 Å². The van der Waals surface area contributed by atoms with E-state index >= 15 is 4.39 Å². The third kappa shape index (κ3) is 5.06. The summed E-state index contributed by atoms with van der Waals surface area (Å²) < 4.78 is 15.0. The summed E-state index contributed by atoms with van der Waals surface area (Å²) in [6.45, 7) is 3.39. The Balaban J connectivity index is 1.21. The molecule has 1 amide bonds. The second-order valence-corrected chi connectivity index (χ2v) is 10.1. The molecule has 0 atom stereocenters. The first-order valence-electron chi connectivity index (χ1n) is 12.9. The van der Waals surface area contributed by atoms with Crippen molar-refractivity contribution in [2.45, 2.75) is 12.8 Å². The first-order valence-corrected chi connectivity index (χ1v) is 12.9. The summed E-state index contributed by atoms with van der Waals surface area (Å²) in [6, 6.07) is 16.4. The smallest absolute Gasteiger partial charge is 0.351 e. The lowest BCUT2D eigenvalue weighted by Gasteiger charge is -2.34. The van der Waals surface area contributed by atoms with Crippen LogP contribution >= 0.6 is 0 Å². The first-order chi connectivity index (χ1) is 18.9. The topological polar surface area (TPSA) is 126 Å². The number of amides is 1. The molecule has 10 nitrogen and oxygen atoms in total. The Kier molecular flexibility index (Phi) is 6.24. The fourth-order valence-electron chi connectivity index (χ4n) is 4.75. The van der Waals surface area contributed by atoms with Crippen LogP contribution in [0.2, 0.25) is 0 Å². The Morgan fingerprint density at radius 3 is 2.59 bits per heavy atom. The number of carbonyl (C=O) groups excluding carboxylic acids is 1. The van der Waals surface area contributed by atoms with Crippen LogP contribution in [-0.2, 0) is 4.79 Å². The van der Waals surface area contributed by atoms with E-state index in [4.69, 9.17) is 4.98 Å². The molecule has 198 valence electrons. The van der Waals surface area contributed by atoms with Crippen LogP contribution < -0.4 is 25.8 Å². The lowest BCUT2D eigenvalue weighted by atomic mass is 10.1. The van der Waals surface area contributed by atoms with Gasteiger partial charge in [0.25, 0.3) is 0 Å². The molecular weight excluding hydrogens is 497 g/mol. The van der Waals surface area contributed by atoms with E-state index in [0.717, 1.165) is 37.2 Å². The van der Waals surface area contributed by atoms with Crippen LogP contribution in [-0.4, -0.2) is 54.0 Å². The third-order valence-electron chi connectivity index (χ3n) is 7.31. The molecule has 1 saturated carbocycles. The Bertz CT molecular complexity index is 1580. The number of hydrogen-bond acceptors (Lipinski definition) is 7. The maximum absolute atomic E-state index is 15.0. The number of halogens is 1. The molecule has 11 heteroatoms. The van der Waals surface area contributed by atoms with E-state index in [1.54, 1.807) is 24.4 Å². The molecule has 2 fully saturated rings. The number of aromatic amines is 2. The zero-order chi connectivity index (χ0) is 27.0. The summed E-state index contributed by atoms with van der Waals surface area (Å²) in [5.41, 5.74) is 2.31. The number of H-pyrrole nitrogens is 2. The molecule has 0 bridgehead atoms. The lowest BCUT2D eigenvalue weighted by molar-refractivity contribution is -0.333. The second kappa shape index (κ2) is 9.89. The first kappa shape index (κ1) is 24.6. The van der Waals surface area contributed by atoms with E-state index in [1.165, 1.54) is 6.07 Å². The van der Waals surface area contributed by atoms with Gasteiger partial charge in [0.2, 0.25) is 17.4 Å². The van der Waals surface area contributed by atoms with Crippen LogP contribution in [0, 0.1) is 22.6 Å². The Hall–Kier alpha value is -4.69. The fourth-order valence-corrected chi connectivity index (χ4v) is 4.75. The van der Waals surface area contributed by atoms with E-state index in [0.29, 0.717) is 47.4 Å². The number of rotatable bonds is 7. The van der Waals surface area contributed by atoms with E-state index in [9.17, 15) is 10.1 Å². The number of anilines is 6. The van der Waals surface area contributed by atoms with Gasteiger partial charge in [-0.3, -0.25) is 15.1 Å². The van der Waals surface area contributed by atoms with Crippen LogP contribution in [0.15, 0.2) is 54.7 Å². The van der Waals surface area contributed by atoms with Crippen molar-refractivity contribution in [1.82, 2.24) is 14.9 Å². The van der Waals surface area contributed by atoms with E-state index in [2.05, 4.69) is 48.8 Å². The average Bonchev–Trinajstić information content (AvgIpc) is 3.59. The molecule has 6 rings (SSSR count). The molecule has 4 aromatic rings. The molecule has 0 radical (unpaired) electrons. The van der Waals surface area contributed by atoms with Crippen LogP contribution in [0.1, 0.15) is 12.8 Å². The van der Waals surface area contributed by atoms with E-state index in [-0.39, 0.29) is 11.7 Å². The summed E-state index contributed by atoms with van der Waals surface area (Å²) in [5.74, 6) is 0.432. The molecular formula is C28H29FN9O+. The van der Waals surface area contributed by atoms with Crippen LogP contribution in [0.4, 0.5) is 38.9 Å². The maximum atomic E-state index is 15.0. The minimum absolute atomic E-state index is 0.278. The van der Waals surface area contributed by atoms with Gasteiger partial charge in [0.15, 0.2) is 0 Å². The predicted molar refractivity (Wildman–Crippen MR) is 148 cm³/mol. The van der Waals surface area contributed by atoms with Gasteiger partial charge in [-0.2, -0.15) is 5.26 Å². The largest absolute Gasteiger partial charge is 0.367 e. The number of hydrogen-bond donors (Lipinski definition) is 4. The highest BCUT2D eigenvalue weighted by molar-refractivity contribution is 5.99. The monoisotopic (exact) mass is 526 g/mol. The number of benzene rings is 2. The van der Waals surface area contributed by atoms with Gasteiger partial charge >= 0.3 is 5.95 Å². The molecule has 1 saturated heterocycles. The number of nitrogens with one attached hydrogen (secondary N) is 5. The molecule has 39 heavy (non-hydrogen) atoms. The number of aromatic nitrogens is 3. The minimum atomic E-state index is -0.902.